The van der Waals surface area contributed by atoms with Gasteiger partial charge in [0, 0.05) is 19.1 Å². The first kappa shape index (κ1) is 15.3. The maximum Gasteiger partial charge on any atom is 0.236 e. The monoisotopic (exact) mass is 294 g/mol. The van der Waals surface area contributed by atoms with Crippen molar-refractivity contribution in [3.63, 3.8) is 0 Å². The number of aliphatic hydroxyl groups excluding tert-OH is 1. The molecule has 0 aromatic heterocycles. The molecule has 0 aromatic carbocycles. The number of nitrogens with zero attached hydrogens (tertiary/aromatic N) is 2. The largest absolute Gasteiger partial charge is 0.393 e. The summed E-state index contributed by atoms with van der Waals surface area (Å²) in [6.45, 7) is 2.47. The molecule has 3 fully saturated rings. The zero-order chi connectivity index (χ0) is 14.8. The lowest BCUT2D eigenvalue weighted by molar-refractivity contribution is -0.138. The van der Waals surface area contributed by atoms with Crippen molar-refractivity contribution in [3.8, 4) is 0 Å². The summed E-state index contributed by atoms with van der Waals surface area (Å²) in [6.07, 6.45) is 9.42. The van der Waals surface area contributed by atoms with Gasteiger partial charge in [0.05, 0.1) is 12.6 Å². The molecule has 1 heterocycles. The minimum atomic E-state index is -0.0933. The minimum Gasteiger partial charge on any atom is -0.393 e. The number of carbonyl (C=O) groups is 1. The summed E-state index contributed by atoms with van der Waals surface area (Å²) in [5.74, 6) is 1.68. The van der Waals surface area contributed by atoms with Crippen LogP contribution in [0.3, 0.4) is 0 Å². The van der Waals surface area contributed by atoms with Crippen LogP contribution < -0.4 is 0 Å². The van der Waals surface area contributed by atoms with Crippen molar-refractivity contribution in [1.29, 1.82) is 0 Å². The molecule has 0 spiro atoms. The molecule has 1 N–H and O–H groups in total. The zero-order valence-electron chi connectivity index (χ0n) is 13.3. The van der Waals surface area contributed by atoms with Gasteiger partial charge in [0.15, 0.2) is 0 Å². The van der Waals surface area contributed by atoms with Gasteiger partial charge in [0.2, 0.25) is 5.91 Å². The first-order valence-electron chi connectivity index (χ1n) is 8.79. The van der Waals surface area contributed by atoms with Gasteiger partial charge >= 0.3 is 0 Å². The van der Waals surface area contributed by atoms with Crippen LogP contribution in [0, 0.1) is 11.8 Å². The lowest BCUT2D eigenvalue weighted by Gasteiger charge is -2.44. The van der Waals surface area contributed by atoms with Crippen LogP contribution in [0.4, 0.5) is 0 Å². The number of hydrogen-bond donors (Lipinski definition) is 1. The molecule has 1 amide bonds. The van der Waals surface area contributed by atoms with E-state index in [4.69, 9.17) is 0 Å². The average molecular weight is 294 g/mol. The highest BCUT2D eigenvalue weighted by Crippen LogP contribution is 2.35. The van der Waals surface area contributed by atoms with Crippen LogP contribution in [0.15, 0.2) is 0 Å². The van der Waals surface area contributed by atoms with Gasteiger partial charge in [-0.2, -0.15) is 0 Å². The molecule has 3 rings (SSSR count). The second kappa shape index (κ2) is 6.66. The molecule has 0 bridgehead atoms. The van der Waals surface area contributed by atoms with E-state index >= 15 is 0 Å². The van der Waals surface area contributed by atoms with E-state index < -0.39 is 0 Å². The normalized spacial score (nSPS) is 36.2. The highest BCUT2D eigenvalue weighted by Gasteiger charge is 2.36. The fourth-order valence-corrected chi connectivity index (χ4v) is 4.61. The van der Waals surface area contributed by atoms with E-state index in [1.54, 1.807) is 0 Å². The van der Waals surface area contributed by atoms with E-state index in [2.05, 4.69) is 9.80 Å². The van der Waals surface area contributed by atoms with Crippen LogP contribution in [-0.4, -0.2) is 59.6 Å². The van der Waals surface area contributed by atoms with Crippen molar-refractivity contribution >= 4 is 5.91 Å². The summed E-state index contributed by atoms with van der Waals surface area (Å²) >= 11 is 0. The second-order valence-corrected chi connectivity index (χ2v) is 7.53. The van der Waals surface area contributed by atoms with E-state index in [1.807, 2.05) is 7.05 Å². The fraction of sp³-hybridized carbons (Fsp3) is 0.941. The Morgan fingerprint density at radius 1 is 1.19 bits per heavy atom. The summed E-state index contributed by atoms with van der Waals surface area (Å²) < 4.78 is 0. The number of likely N-dealkylation sites (N-methyl/N-ethyl adjacent to an activating group) is 1. The Bertz CT molecular complexity index is 366. The maximum atomic E-state index is 12.7. The van der Waals surface area contributed by atoms with Crippen molar-refractivity contribution in [2.75, 3.05) is 26.7 Å². The Morgan fingerprint density at radius 2 is 1.90 bits per heavy atom. The Hall–Kier alpha value is -0.610. The van der Waals surface area contributed by atoms with Crippen LogP contribution in [0.25, 0.3) is 0 Å². The van der Waals surface area contributed by atoms with Crippen molar-refractivity contribution in [1.82, 2.24) is 9.80 Å². The number of carbonyl (C=O) groups excluding carboxylic acids is 1. The Kier molecular flexibility index (Phi) is 4.85. The van der Waals surface area contributed by atoms with Crippen LogP contribution in [0.2, 0.25) is 0 Å². The van der Waals surface area contributed by atoms with Gasteiger partial charge in [0.1, 0.15) is 0 Å². The van der Waals surface area contributed by atoms with Gasteiger partial charge in [-0.15, -0.1) is 0 Å². The number of fused-ring (bicyclic) bond motifs is 1. The molecule has 4 heteroatoms. The van der Waals surface area contributed by atoms with Crippen molar-refractivity contribution in [3.05, 3.63) is 0 Å². The molecule has 120 valence electrons. The third kappa shape index (κ3) is 3.59. The topological polar surface area (TPSA) is 43.8 Å². The lowest BCUT2D eigenvalue weighted by Crippen LogP contribution is -2.52. The molecule has 0 aromatic rings. The van der Waals surface area contributed by atoms with E-state index in [-0.39, 0.29) is 6.10 Å². The van der Waals surface area contributed by atoms with Crippen molar-refractivity contribution in [2.45, 2.75) is 63.5 Å². The number of rotatable bonds is 4. The SMILES string of the molecule is CN(CC(=O)N1CCCC2CCCCC21)CC1CC(O)C1. The molecule has 1 saturated heterocycles. The second-order valence-electron chi connectivity index (χ2n) is 7.53. The summed E-state index contributed by atoms with van der Waals surface area (Å²) in [4.78, 5) is 17.0. The van der Waals surface area contributed by atoms with Gasteiger partial charge in [0.25, 0.3) is 0 Å². The number of amides is 1. The molecule has 0 radical (unpaired) electrons. The number of likely N-dealkylation sites (tertiary alicyclic amines) is 1. The molecule has 21 heavy (non-hydrogen) atoms. The number of aliphatic hydroxyl groups is 1. The zero-order valence-corrected chi connectivity index (χ0v) is 13.3. The number of piperidine rings is 1. The Balaban J connectivity index is 1.49. The van der Waals surface area contributed by atoms with Gasteiger partial charge in [-0.25, -0.2) is 0 Å². The van der Waals surface area contributed by atoms with Gasteiger partial charge < -0.3 is 10.0 Å². The molecule has 1 aliphatic heterocycles. The van der Waals surface area contributed by atoms with Gasteiger partial charge in [-0.3, -0.25) is 9.69 Å². The molecule has 2 saturated carbocycles. The van der Waals surface area contributed by atoms with E-state index in [0.29, 0.717) is 24.4 Å². The molecule has 3 aliphatic rings. The summed E-state index contributed by atoms with van der Waals surface area (Å²) in [5, 5.41) is 9.35. The quantitative estimate of drug-likeness (QED) is 0.861. The molecule has 2 unspecified atom stereocenters. The van der Waals surface area contributed by atoms with E-state index in [9.17, 15) is 9.90 Å². The summed E-state index contributed by atoms with van der Waals surface area (Å²) in [5.41, 5.74) is 0. The maximum absolute atomic E-state index is 12.7. The highest BCUT2D eigenvalue weighted by molar-refractivity contribution is 5.78. The van der Waals surface area contributed by atoms with Gasteiger partial charge in [-0.05, 0) is 57.4 Å². The summed E-state index contributed by atoms with van der Waals surface area (Å²) in [6, 6.07) is 0.527. The third-order valence-corrected chi connectivity index (χ3v) is 5.75. The van der Waals surface area contributed by atoms with Crippen molar-refractivity contribution < 1.29 is 9.90 Å². The smallest absolute Gasteiger partial charge is 0.236 e. The molecule has 4 nitrogen and oxygen atoms in total. The average Bonchev–Trinajstić information content (AvgIpc) is 2.45. The first-order valence-corrected chi connectivity index (χ1v) is 8.79. The predicted octanol–water partition coefficient (Wildman–Crippen LogP) is 1.87. The van der Waals surface area contributed by atoms with Crippen LogP contribution >= 0.6 is 0 Å². The highest BCUT2D eigenvalue weighted by atomic mass is 16.3. The lowest BCUT2D eigenvalue weighted by atomic mass is 9.78. The minimum absolute atomic E-state index is 0.0933. The Labute approximate surface area is 128 Å². The fourth-order valence-electron chi connectivity index (χ4n) is 4.61. The van der Waals surface area contributed by atoms with Crippen LogP contribution in [0.5, 0.6) is 0 Å². The standard InChI is InChI=1S/C17H30N2O2/c1-18(11-13-9-15(20)10-13)12-17(21)19-8-4-6-14-5-2-3-7-16(14)19/h13-16,20H,2-12H2,1H3. The predicted molar refractivity (Wildman–Crippen MR) is 82.9 cm³/mol. The Morgan fingerprint density at radius 3 is 2.67 bits per heavy atom. The summed E-state index contributed by atoms with van der Waals surface area (Å²) in [7, 11) is 2.05. The first-order chi connectivity index (χ1) is 10.1. The van der Waals surface area contributed by atoms with E-state index in [0.717, 1.165) is 31.8 Å². The molecular formula is C17H30N2O2. The van der Waals surface area contributed by atoms with Gasteiger partial charge in [-0.1, -0.05) is 12.8 Å². The number of hydrogen-bond acceptors (Lipinski definition) is 3. The van der Waals surface area contributed by atoms with Crippen molar-refractivity contribution in [2.24, 2.45) is 11.8 Å². The van der Waals surface area contributed by atoms with Crippen LogP contribution in [0.1, 0.15) is 51.4 Å². The molecule has 2 atom stereocenters. The molecular weight excluding hydrogens is 264 g/mol. The van der Waals surface area contributed by atoms with E-state index in [1.165, 1.54) is 38.5 Å². The third-order valence-electron chi connectivity index (χ3n) is 5.75. The van der Waals surface area contributed by atoms with Crippen LogP contribution in [-0.2, 0) is 4.79 Å². The molecule has 2 aliphatic carbocycles.